The average Bonchev–Trinajstić information content (AvgIpc) is 3.13. The van der Waals surface area contributed by atoms with Gasteiger partial charge in [0.05, 0.1) is 16.8 Å². The van der Waals surface area contributed by atoms with Crippen LogP contribution in [-0.4, -0.2) is 42.3 Å². The molecule has 6 nitrogen and oxygen atoms in total. The van der Waals surface area contributed by atoms with Gasteiger partial charge in [0, 0.05) is 25.0 Å². The van der Waals surface area contributed by atoms with E-state index in [1.165, 1.54) is 23.0 Å². The predicted molar refractivity (Wildman–Crippen MR) is 98.5 cm³/mol. The Kier molecular flexibility index (Phi) is 5.12. The lowest BCUT2D eigenvalue weighted by Crippen LogP contribution is -2.47. The molecule has 0 bridgehead atoms. The first-order chi connectivity index (χ1) is 14.9. The van der Waals surface area contributed by atoms with Crippen molar-refractivity contribution in [2.24, 2.45) is 5.41 Å². The summed E-state index contributed by atoms with van der Waals surface area (Å²) in [5, 5.41) is 25.0. The summed E-state index contributed by atoms with van der Waals surface area (Å²) in [7, 11) is 0. The van der Waals surface area contributed by atoms with Crippen LogP contribution in [0.15, 0.2) is 48.9 Å². The van der Waals surface area contributed by atoms with Crippen LogP contribution in [0, 0.1) is 5.41 Å². The number of nitrogens with zero attached hydrogens (tertiary/aromatic N) is 3. The number of aromatic amines is 1. The largest absolute Gasteiger partial charge is 0.424 e. The fourth-order valence-electron chi connectivity index (χ4n) is 3.63. The molecule has 172 valence electrons. The van der Waals surface area contributed by atoms with E-state index in [2.05, 4.69) is 15.1 Å². The zero-order chi connectivity index (χ0) is 23.4. The standard InChI is InChI=1S/C20H18F6N4O2/c21-19(22,23)17(6-7-17)10-13-11-27-16(29-13)15(31)18(32,20(24,25)26)12-2-4-14(5-3-12)30-9-1-8-28-30/h1-5,8-9,11,15,31-32H,6-7,10H2,(H,27,29)/t15-,18+/m1/s1. The van der Waals surface area contributed by atoms with Crippen molar-refractivity contribution in [3.63, 3.8) is 0 Å². The van der Waals surface area contributed by atoms with Gasteiger partial charge in [-0.2, -0.15) is 31.4 Å². The number of halogens is 6. The molecule has 3 aromatic rings. The maximum Gasteiger partial charge on any atom is 0.424 e. The minimum absolute atomic E-state index is 0.101. The van der Waals surface area contributed by atoms with Crippen LogP contribution in [0.5, 0.6) is 0 Å². The van der Waals surface area contributed by atoms with Gasteiger partial charge in [0.1, 0.15) is 5.82 Å². The highest BCUT2D eigenvalue weighted by Gasteiger charge is 2.63. The van der Waals surface area contributed by atoms with E-state index in [1.54, 1.807) is 12.3 Å². The Morgan fingerprint density at radius 1 is 1.09 bits per heavy atom. The molecular weight excluding hydrogens is 442 g/mol. The minimum atomic E-state index is -5.32. The quantitative estimate of drug-likeness (QED) is 0.486. The lowest BCUT2D eigenvalue weighted by Gasteiger charge is -2.34. The normalized spacial score (nSPS) is 18.9. The first-order valence-electron chi connectivity index (χ1n) is 9.56. The second kappa shape index (κ2) is 7.34. The Labute approximate surface area is 177 Å². The summed E-state index contributed by atoms with van der Waals surface area (Å²) < 4.78 is 82.7. The number of H-pyrrole nitrogens is 1. The van der Waals surface area contributed by atoms with Gasteiger partial charge in [-0.1, -0.05) is 12.1 Å². The van der Waals surface area contributed by atoms with E-state index in [9.17, 15) is 36.6 Å². The first-order valence-corrected chi connectivity index (χ1v) is 9.56. The molecule has 2 heterocycles. The molecule has 0 spiro atoms. The number of rotatable bonds is 6. The van der Waals surface area contributed by atoms with Gasteiger partial charge in [0.25, 0.3) is 0 Å². The summed E-state index contributed by atoms with van der Waals surface area (Å²) in [6, 6.07) is 6.14. The Bertz CT molecular complexity index is 1070. The van der Waals surface area contributed by atoms with Crippen LogP contribution in [-0.2, 0) is 12.0 Å². The number of alkyl halides is 6. The van der Waals surface area contributed by atoms with Crippen molar-refractivity contribution in [3.8, 4) is 5.69 Å². The van der Waals surface area contributed by atoms with Gasteiger partial charge in [0.15, 0.2) is 6.10 Å². The maximum atomic E-state index is 13.9. The first kappa shape index (κ1) is 22.3. The monoisotopic (exact) mass is 460 g/mol. The van der Waals surface area contributed by atoms with Crippen LogP contribution in [0.4, 0.5) is 26.3 Å². The summed E-state index contributed by atoms with van der Waals surface area (Å²) in [4.78, 5) is 6.02. The number of aliphatic hydroxyl groups is 2. The van der Waals surface area contributed by atoms with Crippen molar-refractivity contribution in [3.05, 3.63) is 66.0 Å². The van der Waals surface area contributed by atoms with Gasteiger partial charge in [-0.05, 0) is 36.6 Å². The van der Waals surface area contributed by atoms with Crippen LogP contribution in [0.25, 0.3) is 5.69 Å². The zero-order valence-electron chi connectivity index (χ0n) is 16.3. The van der Waals surface area contributed by atoms with Crippen molar-refractivity contribution >= 4 is 0 Å². The Morgan fingerprint density at radius 2 is 1.75 bits per heavy atom. The number of aromatic nitrogens is 4. The second-order valence-electron chi connectivity index (χ2n) is 7.90. The molecule has 32 heavy (non-hydrogen) atoms. The highest BCUT2D eigenvalue weighted by Crippen LogP contribution is 2.59. The second-order valence-corrected chi connectivity index (χ2v) is 7.90. The van der Waals surface area contributed by atoms with Crippen LogP contribution in [0.1, 0.15) is 36.0 Å². The van der Waals surface area contributed by atoms with E-state index in [4.69, 9.17) is 0 Å². The highest BCUT2D eigenvalue weighted by molar-refractivity contribution is 5.38. The number of imidazole rings is 1. The molecule has 3 N–H and O–H groups in total. The third-order valence-electron chi connectivity index (χ3n) is 5.79. The summed E-state index contributed by atoms with van der Waals surface area (Å²) in [5.41, 5.74) is -6.10. The Morgan fingerprint density at radius 3 is 2.25 bits per heavy atom. The van der Waals surface area contributed by atoms with Crippen molar-refractivity contribution < 1.29 is 36.6 Å². The summed E-state index contributed by atoms with van der Waals surface area (Å²) in [5.74, 6) is -0.686. The summed E-state index contributed by atoms with van der Waals surface area (Å²) >= 11 is 0. The molecule has 0 radical (unpaired) electrons. The lowest BCUT2D eigenvalue weighted by molar-refractivity contribution is -0.301. The third kappa shape index (κ3) is 3.66. The van der Waals surface area contributed by atoms with E-state index in [1.807, 2.05) is 0 Å². The molecule has 2 aromatic heterocycles. The number of nitrogens with one attached hydrogen (secondary N) is 1. The van der Waals surface area contributed by atoms with E-state index < -0.39 is 47.3 Å². The van der Waals surface area contributed by atoms with Gasteiger partial charge < -0.3 is 15.2 Å². The van der Waals surface area contributed by atoms with Gasteiger partial charge >= 0.3 is 12.4 Å². The molecule has 0 unspecified atom stereocenters. The Hall–Kier alpha value is -2.86. The molecule has 1 saturated carbocycles. The molecule has 1 fully saturated rings. The van der Waals surface area contributed by atoms with E-state index in [0.717, 1.165) is 18.3 Å². The maximum absolute atomic E-state index is 13.9. The Balaban J connectivity index is 1.63. The smallest absolute Gasteiger partial charge is 0.381 e. The number of aliphatic hydroxyl groups excluding tert-OH is 1. The summed E-state index contributed by atoms with van der Waals surface area (Å²) in [6.07, 6.45) is -9.06. The van der Waals surface area contributed by atoms with Crippen LogP contribution >= 0.6 is 0 Å². The van der Waals surface area contributed by atoms with Crippen LogP contribution in [0.2, 0.25) is 0 Å². The lowest BCUT2D eigenvalue weighted by atomic mass is 9.86. The van der Waals surface area contributed by atoms with Crippen LogP contribution < -0.4 is 0 Å². The predicted octanol–water partition coefficient (Wildman–Crippen LogP) is 3.96. The third-order valence-corrected chi connectivity index (χ3v) is 5.79. The fourth-order valence-corrected chi connectivity index (χ4v) is 3.63. The van der Waals surface area contributed by atoms with Crippen molar-refractivity contribution in [1.82, 2.24) is 19.7 Å². The number of hydrogen-bond donors (Lipinski definition) is 3. The van der Waals surface area contributed by atoms with Crippen molar-refractivity contribution in [2.45, 2.75) is 43.3 Å². The molecule has 1 aliphatic rings. The number of benzene rings is 1. The molecule has 4 rings (SSSR count). The van der Waals surface area contributed by atoms with Gasteiger partial charge in [-0.15, -0.1) is 0 Å². The molecule has 0 amide bonds. The fraction of sp³-hybridized carbons (Fsp3) is 0.400. The summed E-state index contributed by atoms with van der Waals surface area (Å²) in [6.45, 7) is 0. The molecule has 12 heteroatoms. The highest BCUT2D eigenvalue weighted by atomic mass is 19.4. The average molecular weight is 460 g/mol. The van der Waals surface area contributed by atoms with E-state index in [-0.39, 0.29) is 18.5 Å². The van der Waals surface area contributed by atoms with Gasteiger partial charge in [-0.25, -0.2) is 9.67 Å². The SMILES string of the molecule is O[C@H](c1nc(CC2(C(F)(F)F)CC2)c[nH]1)[C@@](O)(c1ccc(-n2cccn2)cc1)C(F)(F)F. The molecular formula is C20H18F6N4O2. The zero-order valence-corrected chi connectivity index (χ0v) is 16.3. The van der Waals surface area contributed by atoms with E-state index >= 15 is 0 Å². The van der Waals surface area contributed by atoms with E-state index in [0.29, 0.717) is 5.69 Å². The minimum Gasteiger partial charge on any atom is -0.381 e. The van der Waals surface area contributed by atoms with Gasteiger partial charge in [-0.3, -0.25) is 0 Å². The molecule has 2 atom stereocenters. The topological polar surface area (TPSA) is 87.0 Å². The van der Waals surface area contributed by atoms with Crippen LogP contribution in [0.3, 0.4) is 0 Å². The molecule has 1 aliphatic carbocycles. The molecule has 0 aliphatic heterocycles. The molecule has 1 aromatic carbocycles. The van der Waals surface area contributed by atoms with Crippen molar-refractivity contribution in [2.75, 3.05) is 0 Å². The number of hydrogen-bond acceptors (Lipinski definition) is 4. The van der Waals surface area contributed by atoms with Crippen molar-refractivity contribution in [1.29, 1.82) is 0 Å². The molecule has 0 saturated heterocycles. The van der Waals surface area contributed by atoms with Gasteiger partial charge in [0.2, 0.25) is 5.60 Å².